The van der Waals surface area contributed by atoms with Gasteiger partial charge in [-0.25, -0.2) is 13.2 Å². The maximum Gasteiger partial charge on any atom is 0.322 e. The zero-order chi connectivity index (χ0) is 25.3. The second kappa shape index (κ2) is 10.1. The van der Waals surface area contributed by atoms with Gasteiger partial charge in [0.25, 0.3) is 0 Å². The molecular formula is C25H31ClN4O4S. The normalized spacial score (nSPS) is 17.4. The fraction of sp³-hybridized carbons (Fsp3) is 0.400. The molecule has 0 aliphatic carbocycles. The van der Waals surface area contributed by atoms with Gasteiger partial charge in [0.1, 0.15) is 5.76 Å². The third kappa shape index (κ3) is 5.27. The van der Waals surface area contributed by atoms with Crippen LogP contribution >= 0.6 is 11.6 Å². The maximum absolute atomic E-state index is 13.4. The summed E-state index contributed by atoms with van der Waals surface area (Å²) < 4.78 is 28.2. The molecule has 2 heterocycles. The predicted molar refractivity (Wildman–Crippen MR) is 139 cm³/mol. The van der Waals surface area contributed by atoms with Crippen molar-refractivity contribution in [2.45, 2.75) is 31.2 Å². The summed E-state index contributed by atoms with van der Waals surface area (Å²) in [5.41, 5.74) is 2.47. The number of aliphatic hydroxyl groups is 1. The van der Waals surface area contributed by atoms with Crippen LogP contribution in [0.15, 0.2) is 59.7 Å². The Kier molecular flexibility index (Phi) is 7.30. The third-order valence-corrected chi connectivity index (χ3v) is 8.68. The molecule has 2 aromatic carbocycles. The van der Waals surface area contributed by atoms with Crippen LogP contribution in [0.25, 0.3) is 0 Å². The number of urea groups is 1. The van der Waals surface area contributed by atoms with Crippen molar-refractivity contribution in [3.63, 3.8) is 0 Å². The SMILES string of the molecule is C=C(O)C(NC(=O)N1CCc2cc(S(=O)(=O)N3CCN(c4cccc(Cl)c4)CC3)ccc21)C(C)C. The number of hydrogen-bond donors (Lipinski definition) is 2. The molecule has 4 rings (SSSR count). The van der Waals surface area contributed by atoms with Crippen LogP contribution in [0.3, 0.4) is 0 Å². The Labute approximate surface area is 211 Å². The number of hydrogen-bond acceptors (Lipinski definition) is 5. The number of fused-ring (bicyclic) bond motifs is 1. The molecule has 0 aromatic heterocycles. The lowest BCUT2D eigenvalue weighted by molar-refractivity contribution is 0.233. The number of nitrogens with zero attached hydrogens (tertiary/aromatic N) is 3. The van der Waals surface area contributed by atoms with Crippen LogP contribution in [-0.2, 0) is 16.4 Å². The standard InChI is InChI=1S/C25H31ClN4O4S/c1-17(2)24(18(3)31)27-25(32)30-10-9-19-15-22(7-8-23(19)30)35(33,34)29-13-11-28(12-14-29)21-6-4-5-20(26)16-21/h4-8,15-17,24,31H,3,9-14H2,1-2H3,(H,27,32). The van der Waals surface area contributed by atoms with Crippen molar-refractivity contribution in [3.8, 4) is 0 Å². The Hall–Kier alpha value is -2.75. The first-order valence-electron chi connectivity index (χ1n) is 11.7. The molecule has 1 saturated heterocycles. The van der Waals surface area contributed by atoms with Crippen molar-refractivity contribution >= 4 is 39.0 Å². The molecule has 8 nitrogen and oxygen atoms in total. The van der Waals surface area contributed by atoms with Crippen LogP contribution < -0.4 is 15.1 Å². The average molecular weight is 519 g/mol. The molecule has 1 atom stereocenters. The fourth-order valence-corrected chi connectivity index (χ4v) is 6.26. The van der Waals surface area contributed by atoms with Gasteiger partial charge in [0.2, 0.25) is 10.0 Å². The molecule has 1 unspecified atom stereocenters. The molecule has 2 aliphatic rings. The van der Waals surface area contributed by atoms with Crippen molar-refractivity contribution in [2.24, 2.45) is 5.92 Å². The largest absolute Gasteiger partial charge is 0.511 e. The maximum atomic E-state index is 13.4. The minimum Gasteiger partial charge on any atom is -0.511 e. The number of halogens is 1. The Morgan fingerprint density at radius 2 is 1.80 bits per heavy atom. The van der Waals surface area contributed by atoms with Crippen LogP contribution in [0.1, 0.15) is 19.4 Å². The van der Waals surface area contributed by atoms with Gasteiger partial charge < -0.3 is 15.3 Å². The first kappa shape index (κ1) is 25.3. The minimum atomic E-state index is -3.66. The Balaban J connectivity index is 1.45. The average Bonchev–Trinajstić information content (AvgIpc) is 3.25. The summed E-state index contributed by atoms with van der Waals surface area (Å²) in [7, 11) is -3.66. The summed E-state index contributed by atoms with van der Waals surface area (Å²) >= 11 is 6.10. The number of rotatable bonds is 6. The van der Waals surface area contributed by atoms with E-state index < -0.39 is 16.1 Å². The highest BCUT2D eigenvalue weighted by Gasteiger charge is 2.32. The zero-order valence-corrected chi connectivity index (χ0v) is 21.5. The molecule has 0 radical (unpaired) electrons. The zero-order valence-electron chi connectivity index (χ0n) is 19.9. The highest BCUT2D eigenvalue weighted by molar-refractivity contribution is 7.89. The minimum absolute atomic E-state index is 0.0228. The summed E-state index contributed by atoms with van der Waals surface area (Å²) in [5, 5.41) is 13.3. The third-order valence-electron chi connectivity index (χ3n) is 6.55. The molecule has 2 amide bonds. The second-order valence-corrected chi connectivity index (χ2v) is 11.6. The number of aliphatic hydroxyl groups excluding tert-OH is 1. The highest BCUT2D eigenvalue weighted by atomic mass is 35.5. The molecule has 2 aliphatic heterocycles. The lowest BCUT2D eigenvalue weighted by Gasteiger charge is -2.35. The smallest absolute Gasteiger partial charge is 0.322 e. The lowest BCUT2D eigenvalue weighted by Crippen LogP contribution is -2.48. The first-order valence-corrected chi connectivity index (χ1v) is 13.5. The highest BCUT2D eigenvalue weighted by Crippen LogP contribution is 2.32. The van der Waals surface area contributed by atoms with Gasteiger partial charge in [0, 0.05) is 49.1 Å². The molecule has 2 N–H and O–H groups in total. The number of nitrogens with one attached hydrogen (secondary N) is 1. The van der Waals surface area contributed by atoms with E-state index in [2.05, 4.69) is 16.8 Å². The van der Waals surface area contributed by atoms with Crippen LogP contribution in [0.4, 0.5) is 16.2 Å². The van der Waals surface area contributed by atoms with Crippen molar-refractivity contribution in [1.82, 2.24) is 9.62 Å². The Bertz CT molecular complexity index is 1230. The predicted octanol–water partition coefficient (Wildman–Crippen LogP) is 4.02. The van der Waals surface area contributed by atoms with E-state index in [1.54, 1.807) is 23.1 Å². The van der Waals surface area contributed by atoms with Crippen molar-refractivity contribution < 1.29 is 18.3 Å². The summed E-state index contributed by atoms with van der Waals surface area (Å²) in [6, 6.07) is 11.6. The number of amides is 2. The van der Waals surface area contributed by atoms with Crippen molar-refractivity contribution in [2.75, 3.05) is 42.5 Å². The fourth-order valence-electron chi connectivity index (χ4n) is 4.60. The number of carbonyl (C=O) groups is 1. The molecule has 35 heavy (non-hydrogen) atoms. The molecule has 0 spiro atoms. The van der Waals surface area contributed by atoms with Gasteiger partial charge >= 0.3 is 6.03 Å². The number of piperazine rings is 1. The Morgan fingerprint density at radius 3 is 2.43 bits per heavy atom. The van der Waals surface area contributed by atoms with Crippen molar-refractivity contribution in [3.05, 3.63) is 65.4 Å². The number of anilines is 2. The van der Waals surface area contributed by atoms with Gasteiger partial charge in [-0.1, -0.05) is 38.1 Å². The van der Waals surface area contributed by atoms with Gasteiger partial charge in [0.05, 0.1) is 10.9 Å². The van der Waals surface area contributed by atoms with E-state index in [-0.39, 0.29) is 22.6 Å². The molecule has 1 fully saturated rings. The summed E-state index contributed by atoms with van der Waals surface area (Å²) in [6.07, 6.45) is 0.557. The number of sulfonamides is 1. The van der Waals surface area contributed by atoms with Crippen LogP contribution in [0.2, 0.25) is 5.02 Å². The van der Waals surface area contributed by atoms with Crippen molar-refractivity contribution in [1.29, 1.82) is 0 Å². The molecule has 0 bridgehead atoms. The first-order chi connectivity index (χ1) is 16.6. The van der Waals surface area contributed by atoms with E-state index in [4.69, 9.17) is 11.6 Å². The van der Waals surface area contributed by atoms with Crippen LogP contribution in [0, 0.1) is 5.92 Å². The molecule has 2 aromatic rings. The lowest BCUT2D eigenvalue weighted by atomic mass is 10.0. The van der Waals surface area contributed by atoms with Crippen LogP contribution in [-0.4, -0.2) is 62.6 Å². The van der Waals surface area contributed by atoms with Gasteiger partial charge in [-0.15, -0.1) is 0 Å². The monoisotopic (exact) mass is 518 g/mol. The van der Waals surface area contributed by atoms with Gasteiger partial charge in [-0.2, -0.15) is 4.31 Å². The number of carbonyl (C=O) groups excluding carboxylic acids is 1. The van der Waals surface area contributed by atoms with Gasteiger partial charge in [-0.3, -0.25) is 4.90 Å². The van der Waals surface area contributed by atoms with E-state index in [1.165, 1.54) is 4.31 Å². The number of benzene rings is 2. The summed E-state index contributed by atoms with van der Waals surface area (Å²) in [4.78, 5) is 16.8. The van der Waals surface area contributed by atoms with Gasteiger partial charge in [-0.05, 0) is 54.3 Å². The summed E-state index contributed by atoms with van der Waals surface area (Å²) in [6.45, 7) is 9.66. The van der Waals surface area contributed by atoms with Crippen LogP contribution in [0.5, 0.6) is 0 Å². The molecule has 10 heteroatoms. The van der Waals surface area contributed by atoms with E-state index in [0.29, 0.717) is 49.9 Å². The quantitative estimate of drug-likeness (QED) is 0.563. The van der Waals surface area contributed by atoms with E-state index in [1.807, 2.05) is 38.1 Å². The molecule has 0 saturated carbocycles. The van der Waals surface area contributed by atoms with E-state index >= 15 is 0 Å². The van der Waals surface area contributed by atoms with Gasteiger partial charge in [0.15, 0.2) is 0 Å². The summed E-state index contributed by atoms with van der Waals surface area (Å²) in [5.74, 6) is -0.116. The molecular weight excluding hydrogens is 488 g/mol. The Morgan fingerprint density at radius 1 is 1.09 bits per heavy atom. The van der Waals surface area contributed by atoms with E-state index in [0.717, 1.165) is 11.3 Å². The second-order valence-electron chi connectivity index (χ2n) is 9.23. The molecule has 188 valence electrons. The topological polar surface area (TPSA) is 93.2 Å². The van der Waals surface area contributed by atoms with E-state index in [9.17, 15) is 18.3 Å².